The van der Waals surface area contributed by atoms with Crippen molar-refractivity contribution >= 4 is 27.4 Å². The van der Waals surface area contributed by atoms with Crippen LogP contribution >= 0.6 is 15.9 Å². The fourth-order valence-electron chi connectivity index (χ4n) is 1.68. The van der Waals surface area contributed by atoms with Crippen LogP contribution in [0.3, 0.4) is 0 Å². The molecule has 0 aliphatic heterocycles. The molecule has 0 bridgehead atoms. The summed E-state index contributed by atoms with van der Waals surface area (Å²) in [6.45, 7) is 0. The lowest BCUT2D eigenvalue weighted by Gasteiger charge is -2.07. The van der Waals surface area contributed by atoms with E-state index in [0.29, 0.717) is 15.8 Å². The van der Waals surface area contributed by atoms with Crippen molar-refractivity contribution in [3.8, 4) is 5.75 Å². The van der Waals surface area contributed by atoms with E-state index in [1.807, 2.05) is 0 Å². The minimum Gasteiger partial charge on any atom is -0.496 e. The van der Waals surface area contributed by atoms with Gasteiger partial charge in [0.25, 0.3) is 0 Å². The Hall–Kier alpha value is -1.88. The van der Waals surface area contributed by atoms with Crippen molar-refractivity contribution in [3.05, 3.63) is 57.8 Å². The normalized spacial score (nSPS) is 10.3. The smallest absolute Gasteiger partial charge is 0.196 e. The minimum absolute atomic E-state index is 0.00809. The average molecular weight is 324 g/mol. The first-order valence-electron chi connectivity index (χ1n) is 5.46. The van der Waals surface area contributed by atoms with Crippen LogP contribution in [0, 0.1) is 5.82 Å². The fourth-order valence-corrected chi connectivity index (χ4v) is 2.22. The Morgan fingerprint density at radius 2 is 2.00 bits per heavy atom. The number of hydrogen-bond donors (Lipinski definition) is 1. The molecule has 0 saturated carbocycles. The van der Waals surface area contributed by atoms with Crippen molar-refractivity contribution in [1.82, 2.24) is 0 Å². The Morgan fingerprint density at radius 3 is 2.58 bits per heavy atom. The van der Waals surface area contributed by atoms with Gasteiger partial charge in [-0.15, -0.1) is 0 Å². The lowest BCUT2D eigenvalue weighted by atomic mass is 10.0. The Bertz CT molecular complexity index is 643. The summed E-state index contributed by atoms with van der Waals surface area (Å²) < 4.78 is 19.4. The number of ether oxygens (including phenoxy) is 1. The van der Waals surface area contributed by atoms with Gasteiger partial charge in [0.2, 0.25) is 0 Å². The summed E-state index contributed by atoms with van der Waals surface area (Å²) >= 11 is 3.29. The van der Waals surface area contributed by atoms with E-state index < -0.39 is 11.6 Å². The monoisotopic (exact) mass is 323 g/mol. The van der Waals surface area contributed by atoms with Crippen molar-refractivity contribution in [2.75, 3.05) is 12.8 Å². The molecule has 0 amide bonds. The van der Waals surface area contributed by atoms with E-state index in [-0.39, 0.29) is 11.3 Å². The van der Waals surface area contributed by atoms with Crippen LogP contribution in [-0.4, -0.2) is 12.9 Å². The first-order valence-corrected chi connectivity index (χ1v) is 6.25. The van der Waals surface area contributed by atoms with Gasteiger partial charge >= 0.3 is 0 Å². The van der Waals surface area contributed by atoms with E-state index in [1.165, 1.54) is 19.2 Å². The molecule has 2 rings (SSSR count). The topological polar surface area (TPSA) is 52.3 Å². The number of rotatable bonds is 3. The van der Waals surface area contributed by atoms with Gasteiger partial charge in [0.05, 0.1) is 17.1 Å². The summed E-state index contributed by atoms with van der Waals surface area (Å²) in [6, 6.07) is 8.83. The van der Waals surface area contributed by atoms with Crippen molar-refractivity contribution in [2.24, 2.45) is 0 Å². The van der Waals surface area contributed by atoms with Crippen LogP contribution in [0.4, 0.5) is 10.1 Å². The largest absolute Gasteiger partial charge is 0.496 e. The molecule has 0 saturated heterocycles. The molecule has 0 atom stereocenters. The predicted octanol–water partition coefficient (Wildman–Crippen LogP) is 3.41. The number of nitrogen functional groups attached to an aromatic ring is 1. The number of hydrogen-bond acceptors (Lipinski definition) is 3. The minimum atomic E-state index is -0.628. The molecule has 2 aromatic carbocycles. The van der Waals surface area contributed by atoms with E-state index in [1.54, 1.807) is 18.2 Å². The molecule has 0 aliphatic carbocycles. The molecule has 98 valence electrons. The molecule has 2 N–H and O–H groups in total. The number of ketones is 1. The van der Waals surface area contributed by atoms with E-state index in [2.05, 4.69) is 15.9 Å². The number of carbonyl (C=O) groups excluding carboxylic acids is 1. The number of nitrogens with two attached hydrogens (primary N) is 1. The highest BCUT2D eigenvalue weighted by Crippen LogP contribution is 2.27. The van der Waals surface area contributed by atoms with E-state index in [0.717, 1.165) is 6.07 Å². The Labute approximate surface area is 118 Å². The maximum atomic E-state index is 13.7. The molecule has 0 heterocycles. The first kappa shape index (κ1) is 13.5. The van der Waals surface area contributed by atoms with Gasteiger partial charge in [-0.1, -0.05) is 0 Å². The quantitative estimate of drug-likeness (QED) is 0.695. The van der Waals surface area contributed by atoms with Gasteiger partial charge < -0.3 is 10.5 Å². The average Bonchev–Trinajstić information content (AvgIpc) is 2.38. The van der Waals surface area contributed by atoms with Gasteiger partial charge in [-0.25, -0.2) is 4.39 Å². The zero-order chi connectivity index (χ0) is 14.0. The zero-order valence-corrected chi connectivity index (χ0v) is 11.7. The summed E-state index contributed by atoms with van der Waals surface area (Å²) in [5.74, 6) is -0.424. The third-order valence-corrected chi connectivity index (χ3v) is 3.27. The van der Waals surface area contributed by atoms with Crippen LogP contribution < -0.4 is 10.5 Å². The lowest BCUT2D eigenvalue weighted by Crippen LogP contribution is -2.05. The molecular weight excluding hydrogens is 313 g/mol. The highest BCUT2D eigenvalue weighted by Gasteiger charge is 2.15. The van der Waals surface area contributed by atoms with Crippen LogP contribution in [-0.2, 0) is 0 Å². The number of halogens is 2. The molecule has 0 radical (unpaired) electrons. The molecule has 5 heteroatoms. The van der Waals surface area contributed by atoms with Crippen molar-refractivity contribution in [2.45, 2.75) is 0 Å². The van der Waals surface area contributed by atoms with Gasteiger partial charge in [-0.05, 0) is 52.3 Å². The van der Waals surface area contributed by atoms with Crippen molar-refractivity contribution in [1.29, 1.82) is 0 Å². The molecule has 2 aromatic rings. The van der Waals surface area contributed by atoms with Crippen molar-refractivity contribution in [3.63, 3.8) is 0 Å². The molecule has 0 unspecified atom stereocenters. The number of anilines is 1. The number of benzene rings is 2. The maximum Gasteiger partial charge on any atom is 0.196 e. The van der Waals surface area contributed by atoms with Crippen LogP contribution in [0.2, 0.25) is 0 Å². The Kier molecular flexibility index (Phi) is 3.85. The molecule has 19 heavy (non-hydrogen) atoms. The molecular formula is C14H11BrFNO2. The fraction of sp³-hybridized carbons (Fsp3) is 0.0714. The summed E-state index contributed by atoms with van der Waals surface area (Å²) in [5, 5.41) is 0. The van der Waals surface area contributed by atoms with Gasteiger partial charge in [0.1, 0.15) is 11.6 Å². The maximum absolute atomic E-state index is 13.7. The number of carbonyl (C=O) groups is 1. The third kappa shape index (κ3) is 2.76. The van der Waals surface area contributed by atoms with E-state index in [4.69, 9.17) is 10.5 Å². The van der Waals surface area contributed by atoms with Gasteiger partial charge in [0, 0.05) is 11.3 Å². The summed E-state index contributed by atoms with van der Waals surface area (Å²) in [7, 11) is 1.53. The van der Waals surface area contributed by atoms with Crippen LogP contribution in [0.15, 0.2) is 40.9 Å². The highest BCUT2D eigenvalue weighted by atomic mass is 79.9. The molecule has 0 spiro atoms. The van der Waals surface area contributed by atoms with Crippen LogP contribution in [0.5, 0.6) is 5.75 Å². The zero-order valence-electron chi connectivity index (χ0n) is 10.1. The number of methoxy groups -OCH3 is 1. The molecule has 0 aromatic heterocycles. The lowest BCUT2D eigenvalue weighted by molar-refractivity contribution is 0.103. The van der Waals surface area contributed by atoms with Crippen molar-refractivity contribution < 1.29 is 13.9 Å². The van der Waals surface area contributed by atoms with E-state index in [9.17, 15) is 9.18 Å². The Morgan fingerprint density at radius 1 is 1.26 bits per heavy atom. The second kappa shape index (κ2) is 5.40. The SMILES string of the molecule is COc1ccc(C(=O)c2ccc(N)cc2F)cc1Br. The van der Waals surface area contributed by atoms with Crippen LogP contribution in [0.25, 0.3) is 0 Å². The second-order valence-corrected chi connectivity index (χ2v) is 4.77. The summed E-state index contributed by atoms with van der Waals surface area (Å²) in [4.78, 5) is 12.2. The van der Waals surface area contributed by atoms with Gasteiger partial charge in [-0.2, -0.15) is 0 Å². The standard InChI is InChI=1S/C14H11BrFNO2/c1-19-13-5-2-8(6-11(13)15)14(18)10-4-3-9(17)7-12(10)16/h2-7H,17H2,1H3. The second-order valence-electron chi connectivity index (χ2n) is 3.92. The van der Waals surface area contributed by atoms with E-state index >= 15 is 0 Å². The molecule has 0 fully saturated rings. The van der Waals surface area contributed by atoms with Gasteiger partial charge in [-0.3, -0.25) is 4.79 Å². The third-order valence-electron chi connectivity index (χ3n) is 2.65. The van der Waals surface area contributed by atoms with Gasteiger partial charge in [0.15, 0.2) is 5.78 Å². The Balaban J connectivity index is 2.41. The predicted molar refractivity (Wildman–Crippen MR) is 74.9 cm³/mol. The van der Waals surface area contributed by atoms with Crippen LogP contribution in [0.1, 0.15) is 15.9 Å². The first-order chi connectivity index (χ1) is 9.02. The molecule has 3 nitrogen and oxygen atoms in total. The summed E-state index contributed by atoms with van der Waals surface area (Å²) in [6.07, 6.45) is 0. The summed E-state index contributed by atoms with van der Waals surface area (Å²) in [5.41, 5.74) is 6.10. The highest BCUT2D eigenvalue weighted by molar-refractivity contribution is 9.10. The molecule has 0 aliphatic rings.